The van der Waals surface area contributed by atoms with Crippen LogP contribution in [0.3, 0.4) is 0 Å². The molecule has 1 fully saturated rings. The molecule has 1 aliphatic heterocycles. The lowest BCUT2D eigenvalue weighted by Crippen LogP contribution is -2.40. The Bertz CT molecular complexity index is 486. The summed E-state index contributed by atoms with van der Waals surface area (Å²) in [6.45, 7) is 3.94. The van der Waals surface area contributed by atoms with Crippen LogP contribution in [0.1, 0.15) is 17.6 Å². The molecule has 0 saturated carbocycles. The lowest BCUT2D eigenvalue weighted by Gasteiger charge is -2.23. The molecule has 2 heterocycles. The van der Waals surface area contributed by atoms with Gasteiger partial charge in [0.1, 0.15) is 11.5 Å². The van der Waals surface area contributed by atoms with Crippen molar-refractivity contribution >= 4 is 0 Å². The smallest absolute Gasteiger partial charge is 0.200 e. The molecule has 0 atom stereocenters. The fourth-order valence-corrected chi connectivity index (χ4v) is 1.92. The van der Waals surface area contributed by atoms with Crippen LogP contribution in [0.5, 0.6) is 0 Å². The average molecular weight is 214 g/mol. The molecule has 1 saturated heterocycles. The van der Waals surface area contributed by atoms with Crippen LogP contribution in [0.25, 0.3) is 11.3 Å². The molecule has 82 valence electrons. The summed E-state index contributed by atoms with van der Waals surface area (Å²) >= 11 is 0. The summed E-state index contributed by atoms with van der Waals surface area (Å²) in [6, 6.07) is 10.2. The van der Waals surface area contributed by atoms with Crippen molar-refractivity contribution in [3.63, 3.8) is 0 Å². The molecule has 0 radical (unpaired) electrons. The topological polar surface area (TPSA) is 38.1 Å². The van der Waals surface area contributed by atoms with Crippen molar-refractivity contribution in [2.24, 2.45) is 0 Å². The Kier molecular flexibility index (Phi) is 2.26. The van der Waals surface area contributed by atoms with Gasteiger partial charge in [-0.05, 0) is 6.92 Å². The van der Waals surface area contributed by atoms with E-state index >= 15 is 0 Å². The molecule has 3 rings (SSSR count). The van der Waals surface area contributed by atoms with E-state index in [0.29, 0.717) is 5.92 Å². The maximum Gasteiger partial charge on any atom is 0.200 e. The maximum absolute atomic E-state index is 5.72. The van der Waals surface area contributed by atoms with Gasteiger partial charge in [0.25, 0.3) is 0 Å². The summed E-state index contributed by atoms with van der Waals surface area (Å²) in [6.07, 6.45) is 0. The van der Waals surface area contributed by atoms with Crippen molar-refractivity contribution in [3.8, 4) is 11.3 Å². The number of benzene rings is 1. The van der Waals surface area contributed by atoms with E-state index in [1.165, 1.54) is 0 Å². The molecule has 2 aromatic rings. The summed E-state index contributed by atoms with van der Waals surface area (Å²) < 4.78 is 5.72. The highest BCUT2D eigenvalue weighted by atomic mass is 16.4. The molecule has 0 spiro atoms. The second-order valence-corrected chi connectivity index (χ2v) is 4.18. The minimum absolute atomic E-state index is 0.455. The van der Waals surface area contributed by atoms with Gasteiger partial charge in [0.05, 0.1) is 5.92 Å². The minimum atomic E-state index is 0.455. The third kappa shape index (κ3) is 1.53. The first-order chi connectivity index (χ1) is 7.84. The molecule has 1 aromatic heterocycles. The molecule has 0 aliphatic carbocycles. The van der Waals surface area contributed by atoms with Crippen molar-refractivity contribution in [1.29, 1.82) is 0 Å². The Labute approximate surface area is 94.5 Å². The van der Waals surface area contributed by atoms with Crippen LogP contribution in [0.2, 0.25) is 0 Å². The number of hydrogen-bond donors (Lipinski definition) is 1. The Morgan fingerprint density at radius 2 is 2.00 bits per heavy atom. The zero-order valence-corrected chi connectivity index (χ0v) is 9.23. The molecule has 0 bridgehead atoms. The van der Waals surface area contributed by atoms with Gasteiger partial charge in [0, 0.05) is 18.7 Å². The number of aryl methyl sites for hydroxylation is 1. The maximum atomic E-state index is 5.72. The van der Waals surface area contributed by atoms with Gasteiger partial charge in [-0.25, -0.2) is 4.98 Å². The van der Waals surface area contributed by atoms with Crippen molar-refractivity contribution in [1.82, 2.24) is 10.3 Å². The second-order valence-electron chi connectivity index (χ2n) is 4.18. The summed E-state index contributed by atoms with van der Waals surface area (Å²) in [7, 11) is 0. The second kappa shape index (κ2) is 3.76. The van der Waals surface area contributed by atoms with E-state index in [1.807, 2.05) is 25.1 Å². The van der Waals surface area contributed by atoms with Crippen LogP contribution in [-0.4, -0.2) is 18.1 Å². The first kappa shape index (κ1) is 9.60. The molecule has 1 aliphatic rings. The van der Waals surface area contributed by atoms with E-state index in [2.05, 4.69) is 22.4 Å². The number of oxazole rings is 1. The Balaban J connectivity index is 1.98. The van der Waals surface area contributed by atoms with Crippen molar-refractivity contribution in [3.05, 3.63) is 42.0 Å². The van der Waals surface area contributed by atoms with E-state index in [0.717, 1.165) is 36.0 Å². The lowest BCUT2D eigenvalue weighted by molar-refractivity contribution is 0.350. The molecule has 3 heteroatoms. The van der Waals surface area contributed by atoms with E-state index in [1.54, 1.807) is 0 Å². The number of aromatic nitrogens is 1. The number of hydrogen-bond acceptors (Lipinski definition) is 3. The van der Waals surface area contributed by atoms with Crippen LogP contribution >= 0.6 is 0 Å². The molecule has 0 amide bonds. The van der Waals surface area contributed by atoms with E-state index < -0.39 is 0 Å². The lowest BCUT2D eigenvalue weighted by atomic mass is 10.0. The monoisotopic (exact) mass is 214 g/mol. The average Bonchev–Trinajstić information content (AvgIpc) is 2.59. The quantitative estimate of drug-likeness (QED) is 0.833. The van der Waals surface area contributed by atoms with Crippen LogP contribution in [0, 0.1) is 6.92 Å². The Hall–Kier alpha value is -1.61. The van der Waals surface area contributed by atoms with Crippen LogP contribution < -0.4 is 5.32 Å². The third-order valence-electron chi connectivity index (χ3n) is 2.99. The Morgan fingerprint density at radius 1 is 1.25 bits per heavy atom. The summed E-state index contributed by atoms with van der Waals surface area (Å²) in [5, 5.41) is 3.23. The van der Waals surface area contributed by atoms with E-state index in [4.69, 9.17) is 4.42 Å². The van der Waals surface area contributed by atoms with E-state index in [9.17, 15) is 0 Å². The molecule has 0 unspecified atom stereocenters. The first-order valence-electron chi connectivity index (χ1n) is 5.58. The molecular formula is C13H14N2O. The van der Waals surface area contributed by atoms with Gasteiger partial charge in [-0.1, -0.05) is 30.3 Å². The van der Waals surface area contributed by atoms with Gasteiger partial charge in [-0.3, -0.25) is 0 Å². The largest absolute Gasteiger partial charge is 0.445 e. The first-order valence-corrected chi connectivity index (χ1v) is 5.58. The van der Waals surface area contributed by atoms with Crippen molar-refractivity contribution < 1.29 is 4.42 Å². The summed E-state index contributed by atoms with van der Waals surface area (Å²) in [5.41, 5.74) is 2.10. The standard InChI is InChI=1S/C13H14N2O/c1-9-12(10-5-3-2-4-6-10)15-13(16-9)11-7-14-8-11/h2-6,11,14H,7-8H2,1H3. The molecular weight excluding hydrogens is 200 g/mol. The van der Waals surface area contributed by atoms with Gasteiger partial charge in [0.15, 0.2) is 0 Å². The SMILES string of the molecule is Cc1oc(C2CNC2)nc1-c1ccccc1. The molecule has 3 nitrogen and oxygen atoms in total. The van der Waals surface area contributed by atoms with Gasteiger partial charge in [0.2, 0.25) is 5.89 Å². The number of nitrogens with one attached hydrogen (secondary N) is 1. The van der Waals surface area contributed by atoms with Gasteiger partial charge in [-0.15, -0.1) is 0 Å². The highest BCUT2D eigenvalue weighted by Crippen LogP contribution is 2.27. The van der Waals surface area contributed by atoms with Gasteiger partial charge < -0.3 is 9.73 Å². The predicted molar refractivity (Wildman–Crippen MR) is 62.3 cm³/mol. The van der Waals surface area contributed by atoms with Gasteiger partial charge >= 0.3 is 0 Å². The zero-order valence-electron chi connectivity index (χ0n) is 9.23. The van der Waals surface area contributed by atoms with Crippen LogP contribution in [-0.2, 0) is 0 Å². The van der Waals surface area contributed by atoms with Gasteiger partial charge in [-0.2, -0.15) is 0 Å². The van der Waals surface area contributed by atoms with Crippen LogP contribution in [0.4, 0.5) is 0 Å². The Morgan fingerprint density at radius 3 is 2.62 bits per heavy atom. The van der Waals surface area contributed by atoms with Crippen LogP contribution in [0.15, 0.2) is 34.7 Å². The fourth-order valence-electron chi connectivity index (χ4n) is 1.92. The highest BCUT2D eigenvalue weighted by Gasteiger charge is 2.25. The molecule has 1 N–H and O–H groups in total. The third-order valence-corrected chi connectivity index (χ3v) is 2.99. The fraction of sp³-hybridized carbons (Fsp3) is 0.308. The predicted octanol–water partition coefficient (Wildman–Crippen LogP) is 2.34. The number of nitrogens with zero attached hydrogens (tertiary/aromatic N) is 1. The molecule has 1 aromatic carbocycles. The summed E-state index contributed by atoms with van der Waals surface area (Å²) in [4.78, 5) is 4.60. The molecule has 16 heavy (non-hydrogen) atoms. The zero-order chi connectivity index (χ0) is 11.0. The van der Waals surface area contributed by atoms with Crippen molar-refractivity contribution in [2.45, 2.75) is 12.8 Å². The summed E-state index contributed by atoms with van der Waals surface area (Å²) in [5.74, 6) is 2.24. The highest BCUT2D eigenvalue weighted by molar-refractivity contribution is 5.60. The van der Waals surface area contributed by atoms with Crippen molar-refractivity contribution in [2.75, 3.05) is 13.1 Å². The minimum Gasteiger partial charge on any atom is -0.445 e. The normalized spacial score (nSPS) is 16.1. The number of rotatable bonds is 2. The van der Waals surface area contributed by atoms with E-state index in [-0.39, 0.29) is 0 Å².